The number of rotatable bonds is 2. The zero-order valence-corrected chi connectivity index (χ0v) is 10.0. The predicted molar refractivity (Wildman–Crippen MR) is 60.5 cm³/mol. The lowest BCUT2D eigenvalue weighted by Crippen LogP contribution is -2.30. The molecule has 2 atom stereocenters. The van der Waals surface area contributed by atoms with Crippen LogP contribution in [0, 0.1) is 0 Å². The van der Waals surface area contributed by atoms with E-state index >= 15 is 0 Å². The van der Waals surface area contributed by atoms with Crippen molar-refractivity contribution in [3.8, 4) is 0 Å². The number of methoxy groups -OCH3 is 1. The molecule has 1 fully saturated rings. The molecular weight excluding hydrogens is 228 g/mol. The highest BCUT2D eigenvalue weighted by Gasteiger charge is 2.43. The Balaban J connectivity index is 2.28. The van der Waals surface area contributed by atoms with E-state index in [4.69, 9.17) is 4.42 Å². The molecule has 1 N–H and O–H groups in total. The van der Waals surface area contributed by atoms with Crippen LogP contribution < -0.4 is 0 Å². The Hall–Kier alpha value is -0.940. The molecule has 1 aromatic rings. The number of thioether (sulfide) groups is 1. The van der Waals surface area contributed by atoms with Crippen LogP contribution in [0.4, 0.5) is 0 Å². The van der Waals surface area contributed by atoms with Gasteiger partial charge < -0.3 is 14.3 Å². The SMILES string of the molecule is COC(=O)c1ccc(C2(O)CCSC2C)o1. The van der Waals surface area contributed by atoms with Crippen LogP contribution in [0.15, 0.2) is 16.5 Å². The molecule has 0 bridgehead atoms. The van der Waals surface area contributed by atoms with Gasteiger partial charge in [0.15, 0.2) is 0 Å². The minimum Gasteiger partial charge on any atom is -0.463 e. The molecule has 5 heteroatoms. The molecule has 16 heavy (non-hydrogen) atoms. The molecule has 0 aliphatic carbocycles. The van der Waals surface area contributed by atoms with Crippen LogP contribution >= 0.6 is 11.8 Å². The monoisotopic (exact) mass is 242 g/mol. The number of aliphatic hydroxyl groups is 1. The van der Waals surface area contributed by atoms with Crippen molar-refractivity contribution in [2.45, 2.75) is 24.2 Å². The van der Waals surface area contributed by atoms with Crippen molar-refractivity contribution in [1.82, 2.24) is 0 Å². The van der Waals surface area contributed by atoms with Crippen LogP contribution in [-0.4, -0.2) is 29.2 Å². The van der Waals surface area contributed by atoms with Gasteiger partial charge in [0, 0.05) is 5.25 Å². The van der Waals surface area contributed by atoms with Gasteiger partial charge in [-0.3, -0.25) is 0 Å². The predicted octanol–water partition coefficient (Wildman–Crippen LogP) is 1.78. The first-order chi connectivity index (χ1) is 7.58. The van der Waals surface area contributed by atoms with E-state index in [1.165, 1.54) is 13.2 Å². The van der Waals surface area contributed by atoms with E-state index in [-0.39, 0.29) is 11.0 Å². The van der Waals surface area contributed by atoms with E-state index in [0.29, 0.717) is 12.2 Å². The van der Waals surface area contributed by atoms with Gasteiger partial charge in [0.05, 0.1) is 7.11 Å². The topological polar surface area (TPSA) is 59.7 Å². The molecule has 0 amide bonds. The summed E-state index contributed by atoms with van der Waals surface area (Å²) in [6, 6.07) is 3.18. The van der Waals surface area contributed by atoms with Gasteiger partial charge in [-0.25, -0.2) is 4.79 Å². The lowest BCUT2D eigenvalue weighted by molar-refractivity contribution is 0.0180. The molecule has 2 unspecified atom stereocenters. The summed E-state index contributed by atoms with van der Waals surface area (Å²) in [5, 5.41) is 10.5. The van der Waals surface area contributed by atoms with Gasteiger partial charge in [0.1, 0.15) is 11.4 Å². The Morgan fingerprint density at radius 3 is 3.00 bits per heavy atom. The molecule has 0 aromatic carbocycles. The Bertz CT molecular complexity index is 400. The van der Waals surface area contributed by atoms with Gasteiger partial charge in [0.2, 0.25) is 5.76 Å². The smallest absolute Gasteiger partial charge is 0.373 e. The van der Waals surface area contributed by atoms with Crippen LogP contribution in [0.25, 0.3) is 0 Å². The van der Waals surface area contributed by atoms with Crippen molar-refractivity contribution in [3.05, 3.63) is 23.7 Å². The molecule has 4 nitrogen and oxygen atoms in total. The van der Waals surface area contributed by atoms with E-state index in [1.807, 2.05) is 6.92 Å². The second-order valence-electron chi connectivity index (χ2n) is 3.84. The summed E-state index contributed by atoms with van der Waals surface area (Å²) in [5.74, 6) is 0.958. The summed E-state index contributed by atoms with van der Waals surface area (Å²) in [6.45, 7) is 1.96. The van der Waals surface area contributed by atoms with E-state index in [9.17, 15) is 9.90 Å². The van der Waals surface area contributed by atoms with Crippen molar-refractivity contribution in [3.63, 3.8) is 0 Å². The molecule has 0 radical (unpaired) electrons. The number of ether oxygens (including phenoxy) is 1. The summed E-state index contributed by atoms with van der Waals surface area (Å²) < 4.78 is 9.91. The maximum atomic E-state index is 11.2. The van der Waals surface area contributed by atoms with Crippen molar-refractivity contribution < 1.29 is 19.1 Å². The minimum atomic E-state index is -0.961. The highest BCUT2D eigenvalue weighted by atomic mass is 32.2. The Morgan fingerprint density at radius 1 is 1.69 bits per heavy atom. The van der Waals surface area contributed by atoms with Gasteiger partial charge in [-0.15, -0.1) is 0 Å². The molecule has 0 saturated carbocycles. The summed E-state index contributed by atoms with van der Waals surface area (Å²) >= 11 is 1.70. The normalized spacial score (nSPS) is 29.3. The van der Waals surface area contributed by atoms with Gasteiger partial charge in [-0.1, -0.05) is 6.92 Å². The maximum Gasteiger partial charge on any atom is 0.373 e. The lowest BCUT2D eigenvalue weighted by atomic mass is 9.94. The molecule has 2 rings (SSSR count). The summed E-state index contributed by atoms with van der Waals surface area (Å²) in [6.07, 6.45) is 0.646. The standard InChI is InChI=1S/C11H14O4S/c1-7-11(13,5-6-16-7)9-4-3-8(15-9)10(12)14-2/h3-4,7,13H,5-6H2,1-2H3. The number of hydrogen-bond acceptors (Lipinski definition) is 5. The fraction of sp³-hybridized carbons (Fsp3) is 0.545. The molecule has 2 heterocycles. The van der Waals surface area contributed by atoms with E-state index in [1.54, 1.807) is 17.8 Å². The van der Waals surface area contributed by atoms with Gasteiger partial charge >= 0.3 is 5.97 Å². The van der Waals surface area contributed by atoms with Gasteiger partial charge in [-0.05, 0) is 24.3 Å². The first-order valence-electron chi connectivity index (χ1n) is 5.10. The largest absolute Gasteiger partial charge is 0.463 e. The van der Waals surface area contributed by atoms with Crippen LogP contribution in [-0.2, 0) is 10.3 Å². The summed E-state index contributed by atoms with van der Waals surface area (Å²) in [4.78, 5) is 11.2. The Kier molecular flexibility index (Phi) is 2.99. The fourth-order valence-electron chi connectivity index (χ4n) is 1.84. The summed E-state index contributed by atoms with van der Waals surface area (Å²) in [7, 11) is 1.30. The average molecular weight is 242 g/mol. The van der Waals surface area contributed by atoms with Crippen molar-refractivity contribution in [1.29, 1.82) is 0 Å². The third-order valence-corrected chi connectivity index (χ3v) is 4.27. The zero-order valence-electron chi connectivity index (χ0n) is 9.23. The first-order valence-corrected chi connectivity index (χ1v) is 6.15. The van der Waals surface area contributed by atoms with Crippen molar-refractivity contribution in [2.24, 2.45) is 0 Å². The third-order valence-electron chi connectivity index (χ3n) is 2.94. The summed E-state index contributed by atoms with van der Waals surface area (Å²) in [5.41, 5.74) is -0.961. The minimum absolute atomic E-state index is 0.0733. The molecule has 1 aliphatic heterocycles. The lowest BCUT2D eigenvalue weighted by Gasteiger charge is -2.23. The number of furan rings is 1. The number of esters is 1. The molecular formula is C11H14O4S. The molecule has 1 aromatic heterocycles. The average Bonchev–Trinajstić information content (AvgIpc) is 2.87. The fourth-order valence-corrected chi connectivity index (χ4v) is 3.13. The van der Waals surface area contributed by atoms with Crippen LogP contribution in [0.2, 0.25) is 0 Å². The zero-order chi connectivity index (χ0) is 11.8. The van der Waals surface area contributed by atoms with Crippen LogP contribution in [0.1, 0.15) is 29.7 Å². The molecule has 1 saturated heterocycles. The second-order valence-corrected chi connectivity index (χ2v) is 5.29. The molecule has 0 spiro atoms. The van der Waals surface area contributed by atoms with Crippen molar-refractivity contribution in [2.75, 3.05) is 12.9 Å². The van der Waals surface area contributed by atoms with E-state index in [2.05, 4.69) is 4.74 Å². The number of carbonyl (C=O) groups excluding carboxylic acids is 1. The van der Waals surface area contributed by atoms with E-state index in [0.717, 1.165) is 5.75 Å². The van der Waals surface area contributed by atoms with Gasteiger partial charge in [-0.2, -0.15) is 11.8 Å². The Labute approximate surface area is 98.0 Å². The highest BCUT2D eigenvalue weighted by Crippen LogP contribution is 2.43. The molecule has 88 valence electrons. The Morgan fingerprint density at radius 2 is 2.44 bits per heavy atom. The second kappa shape index (κ2) is 4.14. The van der Waals surface area contributed by atoms with Gasteiger partial charge in [0.25, 0.3) is 0 Å². The van der Waals surface area contributed by atoms with E-state index < -0.39 is 11.6 Å². The highest BCUT2D eigenvalue weighted by molar-refractivity contribution is 8.00. The molecule has 1 aliphatic rings. The number of hydrogen-bond donors (Lipinski definition) is 1. The van der Waals surface area contributed by atoms with Crippen LogP contribution in [0.5, 0.6) is 0 Å². The number of carbonyl (C=O) groups is 1. The van der Waals surface area contributed by atoms with Crippen molar-refractivity contribution >= 4 is 17.7 Å². The quantitative estimate of drug-likeness (QED) is 0.801. The first kappa shape index (κ1) is 11.5. The maximum absolute atomic E-state index is 11.2. The third kappa shape index (κ3) is 1.74. The van der Waals surface area contributed by atoms with Crippen LogP contribution in [0.3, 0.4) is 0 Å².